The third-order valence-electron chi connectivity index (χ3n) is 3.01. The monoisotopic (exact) mass is 219 g/mol. The number of rotatable bonds is 6. The van der Waals surface area contributed by atoms with Crippen LogP contribution < -0.4 is 10.1 Å². The summed E-state index contributed by atoms with van der Waals surface area (Å²) in [6.45, 7) is 7.06. The second-order valence-corrected chi connectivity index (χ2v) is 4.76. The van der Waals surface area contributed by atoms with Gasteiger partial charge in [0.2, 0.25) is 0 Å². The largest absolute Gasteiger partial charge is 0.492 e. The van der Waals surface area contributed by atoms with Gasteiger partial charge in [-0.25, -0.2) is 0 Å². The van der Waals surface area contributed by atoms with E-state index in [-0.39, 0.29) is 0 Å². The first-order valence-corrected chi connectivity index (χ1v) is 6.16. The Labute approximate surface area is 98.0 Å². The summed E-state index contributed by atoms with van der Waals surface area (Å²) in [7, 11) is 0. The minimum Gasteiger partial charge on any atom is -0.492 e. The topological polar surface area (TPSA) is 21.3 Å². The van der Waals surface area contributed by atoms with Crippen LogP contribution in [0.5, 0.6) is 5.75 Å². The Kier molecular flexibility index (Phi) is 3.83. The van der Waals surface area contributed by atoms with Gasteiger partial charge >= 0.3 is 0 Å². The molecule has 0 atom stereocenters. The highest BCUT2D eigenvalue weighted by Gasteiger charge is 2.19. The average molecular weight is 219 g/mol. The number of hydrogen-bond acceptors (Lipinski definition) is 2. The number of benzene rings is 1. The van der Waals surface area contributed by atoms with Crippen LogP contribution in [0.15, 0.2) is 18.2 Å². The average Bonchev–Trinajstić information content (AvgIpc) is 3.06. The summed E-state index contributed by atoms with van der Waals surface area (Å²) in [4.78, 5) is 0. The molecule has 0 aliphatic heterocycles. The summed E-state index contributed by atoms with van der Waals surface area (Å²) in [5, 5.41) is 3.43. The Bertz CT molecular complexity index is 345. The molecule has 16 heavy (non-hydrogen) atoms. The predicted octanol–water partition coefficient (Wildman–Crippen LogP) is 2.68. The van der Waals surface area contributed by atoms with Gasteiger partial charge in [-0.1, -0.05) is 12.1 Å². The molecule has 1 aliphatic carbocycles. The fourth-order valence-corrected chi connectivity index (χ4v) is 1.72. The number of aryl methyl sites for hydroxylation is 2. The molecular weight excluding hydrogens is 198 g/mol. The zero-order chi connectivity index (χ0) is 11.4. The van der Waals surface area contributed by atoms with Gasteiger partial charge in [-0.05, 0) is 56.3 Å². The lowest BCUT2D eigenvalue weighted by Crippen LogP contribution is -2.23. The molecule has 1 aromatic carbocycles. The molecule has 0 aromatic heterocycles. The molecule has 1 aliphatic rings. The molecule has 0 amide bonds. The van der Waals surface area contributed by atoms with E-state index in [1.54, 1.807) is 0 Å². The molecule has 1 aromatic rings. The van der Waals surface area contributed by atoms with Gasteiger partial charge in [0.1, 0.15) is 12.4 Å². The SMILES string of the molecule is Cc1ccc(C)c(OCCNCC2CC2)c1. The molecule has 2 heteroatoms. The van der Waals surface area contributed by atoms with E-state index >= 15 is 0 Å². The van der Waals surface area contributed by atoms with Gasteiger partial charge in [-0.3, -0.25) is 0 Å². The van der Waals surface area contributed by atoms with Crippen LogP contribution in [0.1, 0.15) is 24.0 Å². The minimum absolute atomic E-state index is 0.761. The molecule has 1 fully saturated rings. The van der Waals surface area contributed by atoms with E-state index in [4.69, 9.17) is 4.74 Å². The number of nitrogens with one attached hydrogen (secondary N) is 1. The molecular formula is C14H21NO. The summed E-state index contributed by atoms with van der Waals surface area (Å²) in [5.41, 5.74) is 2.47. The van der Waals surface area contributed by atoms with Crippen molar-refractivity contribution in [2.24, 2.45) is 5.92 Å². The summed E-state index contributed by atoms with van der Waals surface area (Å²) in [6, 6.07) is 6.34. The van der Waals surface area contributed by atoms with Crippen LogP contribution in [0.25, 0.3) is 0 Å². The van der Waals surface area contributed by atoms with Crippen LogP contribution in [0.2, 0.25) is 0 Å². The van der Waals surface area contributed by atoms with E-state index in [9.17, 15) is 0 Å². The quantitative estimate of drug-likeness (QED) is 0.743. The highest BCUT2D eigenvalue weighted by Crippen LogP contribution is 2.27. The van der Waals surface area contributed by atoms with Gasteiger partial charge in [0.05, 0.1) is 0 Å². The zero-order valence-electron chi connectivity index (χ0n) is 10.3. The summed E-state index contributed by atoms with van der Waals surface area (Å²) >= 11 is 0. The predicted molar refractivity (Wildman–Crippen MR) is 67.0 cm³/mol. The lowest BCUT2D eigenvalue weighted by atomic mass is 10.1. The number of ether oxygens (including phenoxy) is 1. The van der Waals surface area contributed by atoms with Crippen molar-refractivity contribution < 1.29 is 4.74 Å². The third kappa shape index (κ3) is 3.53. The van der Waals surface area contributed by atoms with Crippen molar-refractivity contribution in [1.82, 2.24) is 5.32 Å². The van der Waals surface area contributed by atoms with E-state index < -0.39 is 0 Å². The molecule has 2 rings (SSSR count). The second kappa shape index (κ2) is 5.35. The molecule has 0 spiro atoms. The van der Waals surface area contributed by atoms with Crippen molar-refractivity contribution in [2.75, 3.05) is 19.7 Å². The Morgan fingerprint density at radius 2 is 2.12 bits per heavy atom. The molecule has 0 bridgehead atoms. The van der Waals surface area contributed by atoms with Crippen molar-refractivity contribution in [3.63, 3.8) is 0 Å². The van der Waals surface area contributed by atoms with Crippen LogP contribution >= 0.6 is 0 Å². The minimum atomic E-state index is 0.761. The fraction of sp³-hybridized carbons (Fsp3) is 0.571. The van der Waals surface area contributed by atoms with Crippen molar-refractivity contribution in [1.29, 1.82) is 0 Å². The van der Waals surface area contributed by atoms with Gasteiger partial charge < -0.3 is 10.1 Å². The highest BCUT2D eigenvalue weighted by atomic mass is 16.5. The maximum Gasteiger partial charge on any atom is 0.122 e. The second-order valence-electron chi connectivity index (χ2n) is 4.76. The van der Waals surface area contributed by atoms with Crippen LogP contribution in [0.3, 0.4) is 0 Å². The van der Waals surface area contributed by atoms with Crippen molar-refractivity contribution in [2.45, 2.75) is 26.7 Å². The van der Waals surface area contributed by atoms with Gasteiger partial charge in [0.25, 0.3) is 0 Å². The molecule has 1 saturated carbocycles. The van der Waals surface area contributed by atoms with Gasteiger partial charge in [0, 0.05) is 6.54 Å². The highest BCUT2D eigenvalue weighted by molar-refractivity contribution is 5.35. The number of hydrogen-bond donors (Lipinski definition) is 1. The van der Waals surface area contributed by atoms with E-state index in [1.165, 1.54) is 24.0 Å². The van der Waals surface area contributed by atoms with Crippen LogP contribution in [-0.4, -0.2) is 19.7 Å². The Balaban J connectivity index is 1.69. The third-order valence-corrected chi connectivity index (χ3v) is 3.01. The Morgan fingerprint density at radius 1 is 1.31 bits per heavy atom. The summed E-state index contributed by atoms with van der Waals surface area (Å²) < 4.78 is 5.76. The van der Waals surface area contributed by atoms with Crippen molar-refractivity contribution in [3.8, 4) is 5.75 Å². The van der Waals surface area contributed by atoms with Gasteiger partial charge in [-0.15, -0.1) is 0 Å². The van der Waals surface area contributed by atoms with Crippen molar-refractivity contribution in [3.05, 3.63) is 29.3 Å². The maximum atomic E-state index is 5.76. The van der Waals surface area contributed by atoms with Gasteiger partial charge in [0.15, 0.2) is 0 Å². The van der Waals surface area contributed by atoms with E-state index in [1.807, 2.05) is 0 Å². The Hall–Kier alpha value is -1.02. The van der Waals surface area contributed by atoms with E-state index in [0.717, 1.165) is 31.4 Å². The van der Waals surface area contributed by atoms with E-state index in [2.05, 4.69) is 37.4 Å². The molecule has 0 radical (unpaired) electrons. The molecule has 0 saturated heterocycles. The fourth-order valence-electron chi connectivity index (χ4n) is 1.72. The van der Waals surface area contributed by atoms with Crippen molar-refractivity contribution >= 4 is 0 Å². The lowest BCUT2D eigenvalue weighted by molar-refractivity contribution is 0.311. The van der Waals surface area contributed by atoms with E-state index in [0.29, 0.717) is 0 Å². The van der Waals surface area contributed by atoms with Gasteiger partial charge in [-0.2, -0.15) is 0 Å². The first-order chi connectivity index (χ1) is 7.75. The van der Waals surface area contributed by atoms with Crippen LogP contribution in [0, 0.1) is 19.8 Å². The molecule has 1 N–H and O–H groups in total. The molecule has 88 valence electrons. The molecule has 2 nitrogen and oxygen atoms in total. The smallest absolute Gasteiger partial charge is 0.122 e. The summed E-state index contributed by atoms with van der Waals surface area (Å²) in [6.07, 6.45) is 2.82. The first kappa shape index (κ1) is 11.5. The zero-order valence-corrected chi connectivity index (χ0v) is 10.3. The summed E-state index contributed by atoms with van der Waals surface area (Å²) in [5.74, 6) is 1.97. The standard InChI is InChI=1S/C14H21NO/c1-11-3-4-12(2)14(9-11)16-8-7-15-10-13-5-6-13/h3-4,9,13,15H,5-8,10H2,1-2H3. The van der Waals surface area contributed by atoms with Crippen LogP contribution in [0.4, 0.5) is 0 Å². The normalized spacial score (nSPS) is 15.1. The molecule has 0 heterocycles. The maximum absolute atomic E-state index is 5.76. The lowest BCUT2D eigenvalue weighted by Gasteiger charge is -2.10. The molecule has 0 unspecified atom stereocenters. The van der Waals surface area contributed by atoms with Crippen LogP contribution in [-0.2, 0) is 0 Å². The Morgan fingerprint density at radius 3 is 2.88 bits per heavy atom. The first-order valence-electron chi connectivity index (χ1n) is 6.16.